The normalized spacial score (nSPS) is 12.4. The van der Waals surface area contributed by atoms with Crippen molar-refractivity contribution in [1.82, 2.24) is 5.32 Å². The quantitative estimate of drug-likeness (QED) is 0.717. The second-order valence-electron chi connectivity index (χ2n) is 4.78. The van der Waals surface area contributed by atoms with Crippen molar-refractivity contribution in [3.63, 3.8) is 0 Å². The van der Waals surface area contributed by atoms with Gasteiger partial charge in [0.15, 0.2) is 0 Å². The van der Waals surface area contributed by atoms with E-state index in [-0.39, 0.29) is 36.6 Å². The second-order valence-corrected chi connectivity index (χ2v) is 4.78. The van der Waals surface area contributed by atoms with E-state index < -0.39 is 0 Å². The number of carbonyl (C=O) groups is 1. The molecule has 4 heteroatoms. The highest BCUT2D eigenvalue weighted by Gasteiger charge is 2.15. The highest BCUT2D eigenvalue weighted by atomic mass is 16.3. The van der Waals surface area contributed by atoms with Crippen LogP contribution in [-0.2, 0) is 11.2 Å². The zero-order valence-corrected chi connectivity index (χ0v) is 10.9. The summed E-state index contributed by atoms with van der Waals surface area (Å²) < 4.78 is 0. The molecule has 1 amide bonds. The molecule has 0 aromatic heterocycles. The van der Waals surface area contributed by atoms with Gasteiger partial charge in [0.05, 0.1) is 6.42 Å². The van der Waals surface area contributed by atoms with E-state index in [1.807, 2.05) is 13.8 Å². The number of benzene rings is 1. The van der Waals surface area contributed by atoms with Crippen LogP contribution in [0.15, 0.2) is 24.3 Å². The van der Waals surface area contributed by atoms with Crippen LogP contribution in [0.5, 0.6) is 5.75 Å². The Labute approximate surface area is 108 Å². The summed E-state index contributed by atoms with van der Waals surface area (Å²) in [5, 5.41) is 21.2. The van der Waals surface area contributed by atoms with Crippen LogP contribution in [0.3, 0.4) is 0 Å². The predicted octanol–water partition coefficient (Wildman–Crippen LogP) is 1.46. The van der Waals surface area contributed by atoms with Gasteiger partial charge in [-0.2, -0.15) is 0 Å². The topological polar surface area (TPSA) is 69.6 Å². The van der Waals surface area contributed by atoms with E-state index in [0.717, 1.165) is 5.56 Å². The number of hydrogen-bond donors (Lipinski definition) is 3. The van der Waals surface area contributed by atoms with Crippen molar-refractivity contribution in [3.05, 3.63) is 29.8 Å². The summed E-state index contributed by atoms with van der Waals surface area (Å²) in [7, 11) is 0. The fourth-order valence-corrected chi connectivity index (χ4v) is 1.82. The van der Waals surface area contributed by atoms with E-state index in [1.165, 1.54) is 0 Å². The van der Waals surface area contributed by atoms with Crippen molar-refractivity contribution < 1.29 is 15.0 Å². The smallest absolute Gasteiger partial charge is 0.224 e. The molecular formula is C14H21NO3. The third-order valence-electron chi connectivity index (χ3n) is 2.87. The van der Waals surface area contributed by atoms with E-state index in [2.05, 4.69) is 5.32 Å². The van der Waals surface area contributed by atoms with Crippen molar-refractivity contribution in [2.75, 3.05) is 6.61 Å². The molecular weight excluding hydrogens is 230 g/mol. The summed E-state index contributed by atoms with van der Waals surface area (Å²) in [4.78, 5) is 11.8. The fourth-order valence-electron chi connectivity index (χ4n) is 1.82. The maximum atomic E-state index is 11.8. The summed E-state index contributed by atoms with van der Waals surface area (Å²) in [5.74, 6) is 0.356. The number of phenolic OH excluding ortho intramolecular Hbond substituents is 1. The SMILES string of the molecule is CC(C)C(CCO)NC(=O)Cc1cccc(O)c1. The molecule has 100 valence electrons. The summed E-state index contributed by atoms with van der Waals surface area (Å²) >= 11 is 0. The van der Waals surface area contributed by atoms with Crippen molar-refractivity contribution in [2.45, 2.75) is 32.7 Å². The molecule has 0 aliphatic carbocycles. The van der Waals surface area contributed by atoms with Gasteiger partial charge >= 0.3 is 0 Å². The van der Waals surface area contributed by atoms with Gasteiger partial charge in [-0.1, -0.05) is 26.0 Å². The van der Waals surface area contributed by atoms with E-state index in [9.17, 15) is 9.90 Å². The standard InChI is InChI=1S/C14H21NO3/c1-10(2)13(6-7-16)15-14(18)9-11-4-3-5-12(17)8-11/h3-5,8,10,13,16-17H,6-7,9H2,1-2H3,(H,15,18). The maximum absolute atomic E-state index is 11.8. The van der Waals surface area contributed by atoms with Crippen LogP contribution in [0.1, 0.15) is 25.8 Å². The maximum Gasteiger partial charge on any atom is 0.224 e. The lowest BCUT2D eigenvalue weighted by Gasteiger charge is -2.21. The molecule has 1 rings (SSSR count). The van der Waals surface area contributed by atoms with Gasteiger partial charge < -0.3 is 15.5 Å². The van der Waals surface area contributed by atoms with Crippen LogP contribution in [-0.4, -0.2) is 28.8 Å². The van der Waals surface area contributed by atoms with E-state index in [4.69, 9.17) is 5.11 Å². The zero-order valence-electron chi connectivity index (χ0n) is 10.9. The Morgan fingerprint density at radius 1 is 1.39 bits per heavy atom. The van der Waals surface area contributed by atoms with Crippen LogP contribution >= 0.6 is 0 Å². The van der Waals surface area contributed by atoms with Crippen molar-refractivity contribution in [1.29, 1.82) is 0 Å². The van der Waals surface area contributed by atoms with Gasteiger partial charge in [-0.05, 0) is 30.0 Å². The molecule has 1 aromatic rings. The van der Waals surface area contributed by atoms with Gasteiger partial charge in [-0.15, -0.1) is 0 Å². The summed E-state index contributed by atoms with van der Waals surface area (Å²) in [6.07, 6.45) is 0.798. The van der Waals surface area contributed by atoms with Crippen LogP contribution in [0.25, 0.3) is 0 Å². The lowest BCUT2D eigenvalue weighted by molar-refractivity contribution is -0.121. The highest BCUT2D eigenvalue weighted by molar-refractivity contribution is 5.79. The van der Waals surface area contributed by atoms with Gasteiger partial charge in [0.1, 0.15) is 5.75 Å². The van der Waals surface area contributed by atoms with Crippen LogP contribution in [0.2, 0.25) is 0 Å². The van der Waals surface area contributed by atoms with Crippen molar-refractivity contribution >= 4 is 5.91 Å². The average molecular weight is 251 g/mol. The van der Waals surface area contributed by atoms with Gasteiger partial charge in [0, 0.05) is 12.6 Å². The Hall–Kier alpha value is -1.55. The van der Waals surface area contributed by atoms with Gasteiger partial charge in [0.2, 0.25) is 5.91 Å². The number of aliphatic hydroxyl groups excluding tert-OH is 1. The predicted molar refractivity (Wildman–Crippen MR) is 70.3 cm³/mol. The molecule has 0 bridgehead atoms. The van der Waals surface area contributed by atoms with Crippen molar-refractivity contribution in [2.24, 2.45) is 5.92 Å². The third-order valence-corrected chi connectivity index (χ3v) is 2.87. The first-order valence-corrected chi connectivity index (χ1v) is 6.21. The Bertz CT molecular complexity index is 390. The molecule has 1 unspecified atom stereocenters. The minimum Gasteiger partial charge on any atom is -0.508 e. The molecule has 0 heterocycles. The molecule has 3 N–H and O–H groups in total. The third kappa shape index (κ3) is 4.75. The molecule has 0 aliphatic rings. The molecule has 4 nitrogen and oxygen atoms in total. The van der Waals surface area contributed by atoms with Gasteiger partial charge in [-0.3, -0.25) is 4.79 Å². The first kappa shape index (κ1) is 14.5. The van der Waals surface area contributed by atoms with Crippen LogP contribution in [0, 0.1) is 5.92 Å². The molecule has 1 atom stereocenters. The Kier molecular flexibility index (Phi) is 5.65. The number of aromatic hydroxyl groups is 1. The van der Waals surface area contributed by atoms with Crippen molar-refractivity contribution in [3.8, 4) is 5.75 Å². The molecule has 0 spiro atoms. The number of rotatable bonds is 6. The average Bonchev–Trinajstić information content (AvgIpc) is 2.28. The monoisotopic (exact) mass is 251 g/mol. The highest BCUT2D eigenvalue weighted by Crippen LogP contribution is 2.12. The minimum atomic E-state index is -0.0900. The summed E-state index contributed by atoms with van der Waals surface area (Å²) in [6, 6.07) is 6.65. The number of hydrogen-bond acceptors (Lipinski definition) is 3. The van der Waals surface area contributed by atoms with E-state index in [0.29, 0.717) is 6.42 Å². The molecule has 0 aliphatic heterocycles. The largest absolute Gasteiger partial charge is 0.508 e. The first-order chi connectivity index (χ1) is 8.52. The van der Waals surface area contributed by atoms with Gasteiger partial charge in [0.25, 0.3) is 0 Å². The molecule has 0 fully saturated rings. The number of aliphatic hydroxyl groups is 1. The number of carbonyl (C=O) groups excluding carboxylic acids is 1. The second kappa shape index (κ2) is 7.01. The molecule has 0 saturated heterocycles. The first-order valence-electron chi connectivity index (χ1n) is 6.21. The molecule has 18 heavy (non-hydrogen) atoms. The summed E-state index contributed by atoms with van der Waals surface area (Å²) in [5.41, 5.74) is 0.777. The molecule has 0 saturated carbocycles. The Balaban J connectivity index is 2.55. The number of phenols is 1. The van der Waals surface area contributed by atoms with E-state index >= 15 is 0 Å². The van der Waals surface area contributed by atoms with Crippen LogP contribution < -0.4 is 5.32 Å². The molecule has 1 aromatic carbocycles. The van der Waals surface area contributed by atoms with E-state index in [1.54, 1.807) is 24.3 Å². The number of amides is 1. The lowest BCUT2D eigenvalue weighted by atomic mass is 10.0. The molecule has 0 radical (unpaired) electrons. The van der Waals surface area contributed by atoms with Crippen LogP contribution in [0.4, 0.5) is 0 Å². The lowest BCUT2D eigenvalue weighted by Crippen LogP contribution is -2.39. The minimum absolute atomic E-state index is 0.0141. The fraction of sp³-hybridized carbons (Fsp3) is 0.500. The Morgan fingerprint density at radius 3 is 2.67 bits per heavy atom. The Morgan fingerprint density at radius 2 is 2.11 bits per heavy atom. The zero-order chi connectivity index (χ0) is 13.5. The number of nitrogens with one attached hydrogen (secondary N) is 1. The summed E-state index contributed by atoms with van der Waals surface area (Å²) in [6.45, 7) is 4.08. The van der Waals surface area contributed by atoms with Gasteiger partial charge in [-0.25, -0.2) is 0 Å².